The van der Waals surface area contributed by atoms with Crippen LogP contribution in [0.5, 0.6) is 0 Å². The smallest absolute Gasteiger partial charge is 0.402 e. The molecule has 0 saturated heterocycles. The summed E-state index contributed by atoms with van der Waals surface area (Å²) in [6.45, 7) is 9.82. The molecule has 4 nitrogen and oxygen atoms in total. The van der Waals surface area contributed by atoms with E-state index in [-0.39, 0.29) is 5.54 Å². The Kier molecular flexibility index (Phi) is 11.6. The van der Waals surface area contributed by atoms with Gasteiger partial charge in [0.1, 0.15) is 0 Å². The minimum Gasteiger partial charge on any atom is -0.402 e. The standard InChI is InChI=1S/C22H42BNO3Si/c1-20-11-13-21(14-12-20)10-5-6-15-22(24,17-9-18-27-23(25)26)16-7-8-19-28(2,3)4/h11-14,25-26H,5-10,15-19,24H2,1-4H3/p+1. The minimum absolute atomic E-state index is 0.0798. The molecule has 5 N–H and O–H groups in total. The van der Waals surface area contributed by atoms with E-state index in [1.165, 1.54) is 42.9 Å². The van der Waals surface area contributed by atoms with Crippen molar-refractivity contribution in [3.8, 4) is 0 Å². The first-order valence-electron chi connectivity index (χ1n) is 11.0. The Balaban J connectivity index is 2.42. The molecule has 0 spiro atoms. The summed E-state index contributed by atoms with van der Waals surface area (Å²) >= 11 is 0. The van der Waals surface area contributed by atoms with Gasteiger partial charge in [0.2, 0.25) is 0 Å². The van der Waals surface area contributed by atoms with E-state index in [1.807, 2.05) is 0 Å². The van der Waals surface area contributed by atoms with Crippen molar-refractivity contribution in [1.29, 1.82) is 0 Å². The first-order valence-corrected chi connectivity index (χ1v) is 14.7. The molecule has 0 aromatic heterocycles. The number of unbranched alkanes of at least 4 members (excludes halogenated alkanes) is 2. The third-order valence-electron chi connectivity index (χ3n) is 5.55. The third-order valence-corrected chi connectivity index (χ3v) is 7.40. The van der Waals surface area contributed by atoms with Crippen LogP contribution < -0.4 is 5.73 Å². The van der Waals surface area contributed by atoms with Crippen molar-refractivity contribution in [2.24, 2.45) is 0 Å². The molecule has 0 fully saturated rings. The Labute approximate surface area is 174 Å². The quantitative estimate of drug-likeness (QED) is 0.304. The number of hydrogen-bond acceptors (Lipinski definition) is 3. The second-order valence-electron chi connectivity index (χ2n) is 9.76. The SMILES string of the molecule is Cc1ccc(CCCCC([NH3+])(CCCC[Si](C)(C)C)CCCOB(O)O)cc1. The van der Waals surface area contributed by atoms with Crippen molar-refractivity contribution in [3.63, 3.8) is 0 Å². The van der Waals surface area contributed by atoms with Crippen LogP contribution in [-0.2, 0) is 11.1 Å². The van der Waals surface area contributed by atoms with E-state index < -0.39 is 15.4 Å². The molecule has 1 aromatic carbocycles. The number of rotatable bonds is 15. The highest BCUT2D eigenvalue weighted by molar-refractivity contribution is 6.76. The summed E-state index contributed by atoms with van der Waals surface area (Å²) in [6.07, 6.45) is 10.2. The largest absolute Gasteiger partial charge is 0.633 e. The van der Waals surface area contributed by atoms with Crippen LogP contribution in [0.25, 0.3) is 0 Å². The maximum atomic E-state index is 8.85. The summed E-state index contributed by atoms with van der Waals surface area (Å²) in [6, 6.07) is 10.2. The van der Waals surface area contributed by atoms with Gasteiger partial charge in [-0.15, -0.1) is 0 Å². The van der Waals surface area contributed by atoms with E-state index in [0.29, 0.717) is 6.61 Å². The fourth-order valence-electron chi connectivity index (χ4n) is 3.75. The lowest BCUT2D eigenvalue weighted by molar-refractivity contribution is -0.484. The van der Waals surface area contributed by atoms with Gasteiger partial charge >= 0.3 is 7.32 Å². The molecular weight excluding hydrogens is 365 g/mol. The zero-order chi connectivity index (χ0) is 21.0. The second kappa shape index (κ2) is 12.8. The Morgan fingerprint density at radius 2 is 1.50 bits per heavy atom. The molecule has 0 saturated carbocycles. The summed E-state index contributed by atoms with van der Waals surface area (Å²) in [5.41, 5.74) is 7.42. The molecular formula is C22H43BNO3Si+. The maximum Gasteiger partial charge on any atom is 0.633 e. The molecule has 0 radical (unpaired) electrons. The molecule has 0 aliphatic rings. The first kappa shape index (κ1) is 25.4. The predicted octanol–water partition coefficient (Wildman–Crippen LogP) is 3.96. The summed E-state index contributed by atoms with van der Waals surface area (Å²) in [4.78, 5) is 0. The van der Waals surface area contributed by atoms with Crippen LogP contribution in [0.15, 0.2) is 24.3 Å². The lowest BCUT2D eigenvalue weighted by Gasteiger charge is -2.27. The third kappa shape index (κ3) is 12.7. The molecule has 28 heavy (non-hydrogen) atoms. The lowest BCUT2D eigenvalue weighted by atomic mass is 9.83. The number of benzene rings is 1. The van der Waals surface area contributed by atoms with Crippen molar-refractivity contribution < 1.29 is 20.4 Å². The molecule has 1 aromatic rings. The van der Waals surface area contributed by atoms with Crippen molar-refractivity contribution >= 4 is 15.4 Å². The van der Waals surface area contributed by atoms with Gasteiger partial charge in [-0.1, -0.05) is 61.9 Å². The first-order chi connectivity index (χ1) is 13.1. The highest BCUT2D eigenvalue weighted by atomic mass is 28.3. The molecule has 1 unspecified atom stereocenters. The minimum atomic E-state index is -1.66. The van der Waals surface area contributed by atoms with Gasteiger partial charge in [0.15, 0.2) is 0 Å². The molecule has 6 heteroatoms. The Morgan fingerprint density at radius 1 is 0.929 bits per heavy atom. The van der Waals surface area contributed by atoms with Crippen molar-refractivity contribution in [2.75, 3.05) is 6.61 Å². The molecule has 0 aliphatic heterocycles. The summed E-state index contributed by atoms with van der Waals surface area (Å²) in [7, 11) is -2.63. The Bertz CT molecular complexity index is 534. The lowest BCUT2D eigenvalue weighted by Crippen LogP contribution is -2.72. The van der Waals surface area contributed by atoms with Gasteiger partial charge in [0.25, 0.3) is 0 Å². The number of hydrogen-bond donors (Lipinski definition) is 3. The number of quaternary nitrogens is 1. The predicted molar refractivity (Wildman–Crippen MR) is 122 cm³/mol. The summed E-state index contributed by atoms with van der Waals surface area (Å²) in [5.74, 6) is 0. The molecule has 0 amide bonds. The monoisotopic (exact) mass is 408 g/mol. The van der Waals surface area contributed by atoms with Crippen LogP contribution in [0.1, 0.15) is 62.5 Å². The highest BCUT2D eigenvalue weighted by Crippen LogP contribution is 2.25. The van der Waals surface area contributed by atoms with Gasteiger partial charge in [-0.3, -0.25) is 0 Å². The van der Waals surface area contributed by atoms with Crippen LogP contribution in [0.2, 0.25) is 25.7 Å². The van der Waals surface area contributed by atoms with Gasteiger partial charge in [0, 0.05) is 33.9 Å². The Morgan fingerprint density at radius 3 is 2.07 bits per heavy atom. The topological polar surface area (TPSA) is 77.3 Å². The van der Waals surface area contributed by atoms with E-state index in [0.717, 1.165) is 32.1 Å². The van der Waals surface area contributed by atoms with Crippen molar-refractivity contribution in [2.45, 2.75) is 95.9 Å². The van der Waals surface area contributed by atoms with Gasteiger partial charge in [0.05, 0.1) is 5.54 Å². The number of aryl methyl sites for hydroxylation is 2. The van der Waals surface area contributed by atoms with Crippen LogP contribution in [0.4, 0.5) is 0 Å². The maximum absolute atomic E-state index is 8.85. The molecule has 1 rings (SSSR count). The summed E-state index contributed by atoms with van der Waals surface area (Å²) in [5, 5.41) is 17.7. The van der Waals surface area contributed by atoms with E-state index in [2.05, 4.69) is 56.6 Å². The average molecular weight is 408 g/mol. The van der Waals surface area contributed by atoms with Crippen LogP contribution in [0, 0.1) is 6.92 Å². The van der Waals surface area contributed by atoms with E-state index in [9.17, 15) is 0 Å². The molecule has 0 aliphatic carbocycles. The van der Waals surface area contributed by atoms with Gasteiger partial charge < -0.3 is 20.4 Å². The zero-order valence-corrected chi connectivity index (χ0v) is 19.7. The van der Waals surface area contributed by atoms with Gasteiger partial charge in [-0.2, -0.15) is 0 Å². The second-order valence-corrected chi connectivity index (χ2v) is 15.4. The van der Waals surface area contributed by atoms with E-state index in [1.54, 1.807) is 0 Å². The fourth-order valence-corrected chi connectivity index (χ4v) is 5.06. The normalized spacial score (nSPS) is 14.1. The molecule has 160 valence electrons. The van der Waals surface area contributed by atoms with Gasteiger partial charge in [-0.05, 0) is 44.6 Å². The average Bonchev–Trinajstić information content (AvgIpc) is 2.60. The highest BCUT2D eigenvalue weighted by Gasteiger charge is 2.28. The van der Waals surface area contributed by atoms with Gasteiger partial charge in [-0.25, -0.2) is 0 Å². The van der Waals surface area contributed by atoms with Crippen LogP contribution in [-0.4, -0.2) is 37.6 Å². The molecule has 0 heterocycles. The van der Waals surface area contributed by atoms with E-state index in [4.69, 9.17) is 14.7 Å². The van der Waals surface area contributed by atoms with Crippen LogP contribution >= 0.6 is 0 Å². The molecule has 1 atom stereocenters. The van der Waals surface area contributed by atoms with E-state index >= 15 is 0 Å². The summed E-state index contributed by atoms with van der Waals surface area (Å²) < 4.78 is 4.89. The van der Waals surface area contributed by atoms with Crippen molar-refractivity contribution in [3.05, 3.63) is 35.4 Å². The van der Waals surface area contributed by atoms with Crippen molar-refractivity contribution in [1.82, 2.24) is 0 Å². The molecule has 0 bridgehead atoms. The van der Waals surface area contributed by atoms with Crippen LogP contribution in [0.3, 0.4) is 0 Å². The zero-order valence-electron chi connectivity index (χ0n) is 18.7. The fraction of sp³-hybridized carbons (Fsp3) is 0.727. The Hall–Kier alpha value is -0.658.